The summed E-state index contributed by atoms with van der Waals surface area (Å²) in [6, 6.07) is 12.8. The van der Waals surface area contributed by atoms with Gasteiger partial charge >= 0.3 is 6.36 Å². The van der Waals surface area contributed by atoms with Crippen molar-refractivity contribution in [1.82, 2.24) is 19.8 Å². The number of ether oxygens (including phenoxy) is 1. The predicted molar refractivity (Wildman–Crippen MR) is 146 cm³/mol. The van der Waals surface area contributed by atoms with Crippen molar-refractivity contribution in [3.63, 3.8) is 0 Å². The number of nitrogens with two attached hydrogens (primary N) is 1. The number of para-hydroxylation sites is 2. The van der Waals surface area contributed by atoms with Crippen LogP contribution in [0.15, 0.2) is 58.5 Å². The molecule has 3 aromatic rings. The number of carbonyl (C=O) groups is 1. The Morgan fingerprint density at radius 3 is 2.58 bits per heavy atom. The highest BCUT2D eigenvalue weighted by molar-refractivity contribution is 7.99. The van der Waals surface area contributed by atoms with E-state index in [4.69, 9.17) is 10.7 Å². The first-order valence-electron chi connectivity index (χ1n) is 13.2. The van der Waals surface area contributed by atoms with Gasteiger partial charge in [-0.25, -0.2) is 4.98 Å². The summed E-state index contributed by atoms with van der Waals surface area (Å²) in [5, 5.41) is 4.22. The Labute approximate surface area is 233 Å². The van der Waals surface area contributed by atoms with E-state index in [1.807, 2.05) is 18.2 Å². The molecule has 0 unspecified atom stereocenters. The Bertz CT molecular complexity index is 1420. The maximum atomic E-state index is 13.8. The number of halogens is 3. The number of amides is 1. The number of nitrogen functional groups attached to an aromatic ring is 1. The zero-order valence-corrected chi connectivity index (χ0v) is 22.6. The minimum atomic E-state index is -4.73. The molecule has 1 saturated carbocycles. The molecule has 2 aliphatic rings. The first kappa shape index (κ1) is 28.0. The molecule has 0 spiro atoms. The smallest absolute Gasteiger partial charge is 0.406 e. The number of alkyl halides is 3. The molecule has 5 rings (SSSR count). The molecule has 8 nitrogen and oxygen atoms in total. The highest BCUT2D eigenvalue weighted by Gasteiger charge is 2.31. The largest absolute Gasteiger partial charge is 0.573 e. The van der Waals surface area contributed by atoms with Crippen LogP contribution in [-0.2, 0) is 24.3 Å². The number of hydrogen-bond donors (Lipinski definition) is 2. The molecule has 0 radical (unpaired) electrons. The van der Waals surface area contributed by atoms with E-state index in [0.29, 0.717) is 53.4 Å². The molecule has 1 aromatic heterocycles. The third-order valence-electron chi connectivity index (χ3n) is 7.06. The van der Waals surface area contributed by atoms with Gasteiger partial charge in [0.15, 0.2) is 5.16 Å². The number of nitrogens with zero attached hydrogens (tertiary/aromatic N) is 3. The number of rotatable bonds is 9. The average Bonchev–Trinajstić information content (AvgIpc) is 2.89. The van der Waals surface area contributed by atoms with Crippen molar-refractivity contribution in [1.29, 1.82) is 0 Å². The van der Waals surface area contributed by atoms with Crippen molar-refractivity contribution < 1.29 is 22.7 Å². The summed E-state index contributed by atoms with van der Waals surface area (Å²) in [5.41, 5.74) is 9.13. The Balaban J connectivity index is 1.23. The van der Waals surface area contributed by atoms with Crippen LogP contribution in [0.5, 0.6) is 5.75 Å². The Morgan fingerprint density at radius 1 is 1.15 bits per heavy atom. The van der Waals surface area contributed by atoms with E-state index in [0.717, 1.165) is 24.1 Å². The van der Waals surface area contributed by atoms with Crippen LogP contribution in [0.2, 0.25) is 0 Å². The number of hydrogen-bond acceptors (Lipinski definition) is 7. The molecule has 2 heterocycles. The van der Waals surface area contributed by atoms with Gasteiger partial charge in [0, 0.05) is 37.7 Å². The monoisotopic (exact) mass is 573 g/mol. The molecule has 3 N–H and O–H groups in total. The van der Waals surface area contributed by atoms with E-state index in [2.05, 4.69) is 10.1 Å². The van der Waals surface area contributed by atoms with Gasteiger partial charge in [0.1, 0.15) is 5.75 Å². The summed E-state index contributed by atoms with van der Waals surface area (Å²) in [6.07, 6.45) is -0.654. The van der Waals surface area contributed by atoms with Gasteiger partial charge in [0.25, 0.3) is 5.56 Å². The number of carbonyl (C=O) groups excluding carboxylic acids is 1. The second kappa shape index (κ2) is 11.9. The van der Waals surface area contributed by atoms with E-state index < -0.39 is 6.36 Å². The fraction of sp³-hybridized carbons (Fsp3) is 0.393. The van der Waals surface area contributed by atoms with E-state index in [-0.39, 0.29) is 30.2 Å². The lowest BCUT2D eigenvalue weighted by Crippen LogP contribution is -2.42. The summed E-state index contributed by atoms with van der Waals surface area (Å²) in [5.74, 6) is -0.376. The van der Waals surface area contributed by atoms with Crippen molar-refractivity contribution in [3.8, 4) is 11.4 Å². The molecule has 0 saturated heterocycles. The van der Waals surface area contributed by atoms with Gasteiger partial charge in [-0.05, 0) is 42.7 Å². The molecule has 1 fully saturated rings. The van der Waals surface area contributed by atoms with Crippen molar-refractivity contribution in [2.45, 2.75) is 62.0 Å². The van der Waals surface area contributed by atoms with E-state index in [1.165, 1.54) is 30.7 Å². The molecule has 40 heavy (non-hydrogen) atoms. The normalized spacial score (nSPS) is 15.4. The van der Waals surface area contributed by atoms with Crippen molar-refractivity contribution in [2.24, 2.45) is 0 Å². The lowest BCUT2D eigenvalue weighted by atomic mass is 10.0. The van der Waals surface area contributed by atoms with Gasteiger partial charge in [-0.1, -0.05) is 42.4 Å². The molecule has 1 aliphatic heterocycles. The number of nitrogens with one attached hydrogen (secondary N) is 1. The Hall–Kier alpha value is -3.51. The van der Waals surface area contributed by atoms with Gasteiger partial charge in [0.05, 0.1) is 29.2 Å². The van der Waals surface area contributed by atoms with E-state index in [9.17, 15) is 22.8 Å². The van der Waals surface area contributed by atoms with Crippen LogP contribution in [-0.4, -0.2) is 45.1 Å². The van der Waals surface area contributed by atoms with Crippen molar-refractivity contribution >= 4 is 23.4 Å². The SMILES string of the molecule is Nc1ccccc1-n1c(SC2CCC2)nc2c(c1=O)CN(C(=O)CCNCc1ccc(OC(F)(F)F)cc1)CC2. The molecule has 2 aromatic carbocycles. The van der Waals surface area contributed by atoms with Gasteiger partial charge < -0.3 is 20.7 Å². The minimum Gasteiger partial charge on any atom is -0.406 e. The topological polar surface area (TPSA) is 102 Å². The zero-order valence-electron chi connectivity index (χ0n) is 21.7. The summed E-state index contributed by atoms with van der Waals surface area (Å²) in [4.78, 5) is 33.3. The molecule has 1 amide bonds. The molecular formula is C28H30F3N5O3S. The zero-order chi connectivity index (χ0) is 28.3. The van der Waals surface area contributed by atoms with Crippen LogP contribution in [0.3, 0.4) is 0 Å². The third-order valence-corrected chi connectivity index (χ3v) is 8.34. The fourth-order valence-electron chi connectivity index (χ4n) is 4.68. The molecule has 0 bridgehead atoms. The summed E-state index contributed by atoms with van der Waals surface area (Å²) in [7, 11) is 0. The summed E-state index contributed by atoms with van der Waals surface area (Å²) < 4.78 is 42.4. The van der Waals surface area contributed by atoms with Crippen LogP contribution in [0.4, 0.5) is 18.9 Å². The lowest BCUT2D eigenvalue weighted by molar-refractivity contribution is -0.274. The van der Waals surface area contributed by atoms with Gasteiger partial charge in [-0.3, -0.25) is 14.2 Å². The third kappa shape index (κ3) is 6.61. The maximum Gasteiger partial charge on any atom is 0.573 e. The molecule has 12 heteroatoms. The number of fused-ring (bicyclic) bond motifs is 1. The standard InChI is InChI=1S/C28H30F3N5O3S/c29-28(30,31)39-19-10-8-18(9-11-19)16-33-14-12-25(37)35-15-13-23-21(17-35)26(38)36(24-7-2-1-6-22(24)32)27(34-23)40-20-4-3-5-20/h1-2,6-11,20,33H,3-5,12-17,32H2. The first-order chi connectivity index (χ1) is 19.2. The second-order valence-electron chi connectivity index (χ2n) is 9.87. The maximum absolute atomic E-state index is 13.8. The first-order valence-corrected chi connectivity index (χ1v) is 14.1. The second-order valence-corrected chi connectivity index (χ2v) is 11.1. The minimum absolute atomic E-state index is 0.0924. The van der Waals surface area contributed by atoms with Gasteiger partial charge in [-0.2, -0.15) is 0 Å². The van der Waals surface area contributed by atoms with Crippen LogP contribution < -0.4 is 21.3 Å². The van der Waals surface area contributed by atoms with Crippen molar-refractivity contribution in [2.75, 3.05) is 18.8 Å². The van der Waals surface area contributed by atoms with Crippen LogP contribution in [0.25, 0.3) is 5.69 Å². The number of benzene rings is 2. The Kier molecular flexibility index (Phi) is 8.36. The van der Waals surface area contributed by atoms with Crippen LogP contribution in [0.1, 0.15) is 42.5 Å². The number of thioether (sulfide) groups is 1. The number of aromatic nitrogens is 2. The molecule has 1 aliphatic carbocycles. The predicted octanol–water partition coefficient (Wildman–Crippen LogP) is 4.42. The summed E-state index contributed by atoms with van der Waals surface area (Å²) >= 11 is 1.62. The van der Waals surface area contributed by atoms with Gasteiger partial charge in [-0.15, -0.1) is 13.2 Å². The van der Waals surface area contributed by atoms with Crippen LogP contribution >= 0.6 is 11.8 Å². The quantitative estimate of drug-likeness (QED) is 0.222. The Morgan fingerprint density at radius 2 is 1.90 bits per heavy atom. The molecule has 212 valence electrons. The molecule has 0 atom stereocenters. The average molecular weight is 574 g/mol. The molecular weight excluding hydrogens is 543 g/mol. The highest BCUT2D eigenvalue weighted by atomic mass is 32.2. The van der Waals surface area contributed by atoms with Gasteiger partial charge in [0.2, 0.25) is 5.91 Å². The van der Waals surface area contributed by atoms with Crippen LogP contribution in [0, 0.1) is 0 Å². The van der Waals surface area contributed by atoms with Crippen molar-refractivity contribution in [3.05, 3.63) is 75.7 Å². The summed E-state index contributed by atoms with van der Waals surface area (Å²) in [6.45, 7) is 1.42. The van der Waals surface area contributed by atoms with E-state index in [1.54, 1.807) is 27.3 Å². The fourth-order valence-corrected chi connectivity index (χ4v) is 6.00. The number of anilines is 1. The van der Waals surface area contributed by atoms with E-state index >= 15 is 0 Å². The highest BCUT2D eigenvalue weighted by Crippen LogP contribution is 2.37. The lowest BCUT2D eigenvalue weighted by Gasteiger charge is -2.30.